The van der Waals surface area contributed by atoms with Gasteiger partial charge in [0.1, 0.15) is 12.4 Å². The first kappa shape index (κ1) is 30.2. The first-order valence-corrected chi connectivity index (χ1v) is 15.9. The molecule has 236 valence electrons. The first-order chi connectivity index (χ1) is 21.4. The van der Waals surface area contributed by atoms with E-state index >= 15 is 4.39 Å². The number of benzene rings is 2. The zero-order valence-corrected chi connectivity index (χ0v) is 25.8. The quantitative estimate of drug-likeness (QED) is 0.411. The van der Waals surface area contributed by atoms with E-state index < -0.39 is 47.6 Å². The van der Waals surface area contributed by atoms with E-state index in [0.717, 1.165) is 18.4 Å². The third-order valence-electron chi connectivity index (χ3n) is 12.0. The van der Waals surface area contributed by atoms with E-state index in [1.165, 1.54) is 23.8 Å². The molecule has 0 aromatic heterocycles. The van der Waals surface area contributed by atoms with Crippen molar-refractivity contribution in [2.45, 2.75) is 70.9 Å². The van der Waals surface area contributed by atoms with Crippen LogP contribution in [0.5, 0.6) is 0 Å². The van der Waals surface area contributed by atoms with Gasteiger partial charge in [0.2, 0.25) is 0 Å². The summed E-state index contributed by atoms with van der Waals surface area (Å²) in [7, 11) is 0. The number of Topliss-reactive ketones (excluding diaryl/α,β-unsaturated/α-hetero) is 1. The number of hydrogen-bond acceptors (Lipinski definition) is 6. The molecule has 8 heteroatoms. The van der Waals surface area contributed by atoms with E-state index in [1.54, 1.807) is 30.3 Å². The summed E-state index contributed by atoms with van der Waals surface area (Å²) in [6, 6.07) is 11.3. The number of rotatable bonds is 6. The Bertz CT molecular complexity index is 1640. The lowest BCUT2D eigenvalue weighted by Crippen LogP contribution is -2.62. The number of allylic oxidation sites excluding steroid dienone is 4. The summed E-state index contributed by atoms with van der Waals surface area (Å²) >= 11 is 0. The molecular formula is C37H39FO7. The van der Waals surface area contributed by atoms with Gasteiger partial charge in [-0.1, -0.05) is 56.7 Å². The van der Waals surface area contributed by atoms with Crippen molar-refractivity contribution >= 4 is 17.5 Å². The maximum atomic E-state index is 15.7. The Morgan fingerprint density at radius 2 is 1.82 bits per heavy atom. The van der Waals surface area contributed by atoms with E-state index in [-0.39, 0.29) is 40.1 Å². The van der Waals surface area contributed by atoms with Crippen LogP contribution in [0.25, 0.3) is 0 Å². The van der Waals surface area contributed by atoms with Gasteiger partial charge in [0.25, 0.3) is 0 Å². The Labute approximate surface area is 262 Å². The SMILES string of the molecule is C[C@H]1C[C@@]2(C)[C@@H](C[C@H]3O[C@H](c4ccc(Cc5ccc(C(=O)O)cc5)cc4F)O[C@]32C(=O)CO)[C@@H]2CCC3=CC(=O)C=C[C@]3(C)[C@H]21. The summed E-state index contributed by atoms with van der Waals surface area (Å²) in [6.45, 7) is 5.88. The Morgan fingerprint density at radius 1 is 1.09 bits per heavy atom. The van der Waals surface area contributed by atoms with Crippen molar-refractivity contribution in [3.63, 3.8) is 0 Å². The number of ketones is 2. The number of fused-ring (bicyclic) bond motifs is 7. The predicted octanol–water partition coefficient (Wildman–Crippen LogP) is 5.99. The maximum absolute atomic E-state index is 15.7. The number of halogens is 1. The van der Waals surface area contributed by atoms with Crippen LogP contribution in [-0.2, 0) is 25.5 Å². The van der Waals surface area contributed by atoms with Gasteiger partial charge in [0.15, 0.2) is 23.5 Å². The minimum atomic E-state index is -1.40. The van der Waals surface area contributed by atoms with Crippen LogP contribution < -0.4 is 0 Å². The molecule has 2 aromatic rings. The lowest BCUT2D eigenvalue weighted by atomic mass is 9.44. The van der Waals surface area contributed by atoms with Gasteiger partial charge in [-0.25, -0.2) is 9.18 Å². The number of aliphatic hydroxyl groups is 1. The van der Waals surface area contributed by atoms with E-state index in [1.807, 2.05) is 6.08 Å². The van der Waals surface area contributed by atoms with Gasteiger partial charge in [-0.05, 0) is 97.3 Å². The Kier molecular flexibility index (Phi) is 7.08. The number of carbonyl (C=O) groups is 3. The topological polar surface area (TPSA) is 110 Å². The molecule has 3 saturated carbocycles. The zero-order valence-electron chi connectivity index (χ0n) is 25.8. The van der Waals surface area contributed by atoms with Crippen LogP contribution in [0.1, 0.15) is 79.8 Å². The highest BCUT2D eigenvalue weighted by molar-refractivity contribution is 6.01. The number of carbonyl (C=O) groups excluding carboxylic acids is 2. The second-order valence-corrected chi connectivity index (χ2v) is 14.3. The van der Waals surface area contributed by atoms with Crippen LogP contribution >= 0.6 is 0 Å². The molecule has 0 bridgehead atoms. The predicted molar refractivity (Wildman–Crippen MR) is 163 cm³/mol. The lowest BCUT2D eigenvalue weighted by Gasteiger charge is -2.60. The minimum absolute atomic E-state index is 0.0413. The average molecular weight is 615 g/mol. The van der Waals surface area contributed by atoms with Gasteiger partial charge in [0.05, 0.1) is 11.7 Å². The summed E-state index contributed by atoms with van der Waals surface area (Å²) < 4.78 is 28.8. The first-order valence-electron chi connectivity index (χ1n) is 15.9. The Hall–Kier alpha value is -3.46. The summed E-state index contributed by atoms with van der Waals surface area (Å²) in [5.41, 5.74) is 0.883. The van der Waals surface area contributed by atoms with Crippen LogP contribution in [0.2, 0.25) is 0 Å². The molecule has 5 aliphatic rings. The van der Waals surface area contributed by atoms with Gasteiger partial charge < -0.3 is 19.7 Å². The molecule has 7 rings (SSSR count). The van der Waals surface area contributed by atoms with Crippen molar-refractivity contribution in [1.82, 2.24) is 0 Å². The minimum Gasteiger partial charge on any atom is -0.478 e. The van der Waals surface area contributed by atoms with E-state index in [4.69, 9.17) is 14.6 Å². The number of carboxylic acid groups (broad SMARTS) is 1. The van der Waals surface area contributed by atoms with Crippen molar-refractivity contribution in [3.05, 3.63) is 94.3 Å². The highest BCUT2D eigenvalue weighted by atomic mass is 19.1. The number of ether oxygens (including phenoxy) is 2. The Balaban J connectivity index is 1.17. The maximum Gasteiger partial charge on any atom is 0.335 e. The fraction of sp³-hybridized carbons (Fsp3) is 0.486. The van der Waals surface area contributed by atoms with Gasteiger partial charge >= 0.3 is 5.97 Å². The van der Waals surface area contributed by atoms with Crippen molar-refractivity contribution in [1.29, 1.82) is 0 Å². The molecular weight excluding hydrogens is 575 g/mol. The number of hydrogen-bond donors (Lipinski definition) is 2. The van der Waals surface area contributed by atoms with Gasteiger partial charge in [0, 0.05) is 16.4 Å². The van der Waals surface area contributed by atoms with Crippen LogP contribution in [0.15, 0.2) is 66.3 Å². The molecule has 4 fully saturated rings. The van der Waals surface area contributed by atoms with Gasteiger partial charge in [-0.3, -0.25) is 9.59 Å². The average Bonchev–Trinajstić information content (AvgIpc) is 3.50. The summed E-state index contributed by atoms with van der Waals surface area (Å²) in [4.78, 5) is 37.2. The second-order valence-electron chi connectivity index (χ2n) is 14.3. The molecule has 9 atom stereocenters. The van der Waals surface area contributed by atoms with Crippen LogP contribution in [0.4, 0.5) is 4.39 Å². The fourth-order valence-electron chi connectivity index (χ4n) is 10.3. The van der Waals surface area contributed by atoms with Crippen LogP contribution in [-0.4, -0.2) is 46.1 Å². The zero-order chi connectivity index (χ0) is 31.9. The van der Waals surface area contributed by atoms with E-state index in [2.05, 4.69) is 26.8 Å². The third kappa shape index (κ3) is 4.36. The van der Waals surface area contributed by atoms with Crippen molar-refractivity contribution in [2.24, 2.45) is 34.5 Å². The smallest absolute Gasteiger partial charge is 0.335 e. The van der Waals surface area contributed by atoms with Gasteiger partial charge in [-0.2, -0.15) is 0 Å². The number of aliphatic hydroxyl groups excluding tert-OH is 1. The highest BCUT2D eigenvalue weighted by Gasteiger charge is 2.75. The van der Waals surface area contributed by atoms with Crippen molar-refractivity contribution < 1.29 is 38.5 Å². The molecule has 4 aliphatic carbocycles. The van der Waals surface area contributed by atoms with Crippen LogP contribution in [0, 0.1) is 40.3 Å². The summed E-state index contributed by atoms with van der Waals surface area (Å²) in [5.74, 6) is -1.02. The lowest BCUT2D eigenvalue weighted by molar-refractivity contribution is -0.193. The van der Waals surface area contributed by atoms with Gasteiger partial charge in [-0.15, -0.1) is 0 Å². The summed E-state index contributed by atoms with van der Waals surface area (Å²) in [5, 5.41) is 19.4. The molecule has 0 unspecified atom stereocenters. The van der Waals surface area contributed by atoms with Crippen molar-refractivity contribution in [2.75, 3.05) is 6.61 Å². The largest absolute Gasteiger partial charge is 0.478 e. The number of aromatic carboxylic acids is 1. The van der Waals surface area contributed by atoms with E-state index in [0.29, 0.717) is 30.7 Å². The number of carboxylic acids is 1. The second kappa shape index (κ2) is 10.5. The van der Waals surface area contributed by atoms with Crippen LogP contribution in [0.3, 0.4) is 0 Å². The van der Waals surface area contributed by atoms with Crippen molar-refractivity contribution in [3.8, 4) is 0 Å². The monoisotopic (exact) mass is 614 g/mol. The fourth-order valence-corrected chi connectivity index (χ4v) is 10.3. The third-order valence-corrected chi connectivity index (χ3v) is 12.0. The normalized spacial score (nSPS) is 38.2. The highest BCUT2D eigenvalue weighted by Crippen LogP contribution is 2.71. The molecule has 1 saturated heterocycles. The molecule has 45 heavy (non-hydrogen) atoms. The molecule has 0 radical (unpaired) electrons. The summed E-state index contributed by atoms with van der Waals surface area (Å²) in [6.07, 6.45) is 7.29. The molecule has 2 aromatic carbocycles. The molecule has 0 spiro atoms. The molecule has 7 nitrogen and oxygen atoms in total. The Morgan fingerprint density at radius 3 is 2.51 bits per heavy atom. The molecule has 0 amide bonds. The molecule has 1 heterocycles. The molecule has 1 aliphatic heterocycles. The standard InChI is InChI=1S/C37H39FO7/c1-20-18-36(3)28(26-11-9-24-16-25(40)12-13-35(24,2)32(20)26)17-31-37(36,30(41)19-39)45-34(44-31)27-10-6-22(15-29(27)38)14-21-4-7-23(8-5-21)33(42)43/h4-8,10,12-13,15-16,20,26,28,31-32,34,39H,9,11,14,17-19H2,1-3H3,(H,42,43)/t20-,26-,28-,31+,32-,34-,35-,36-,37+/m0/s1. The molecule has 2 N–H and O–H groups in total. The van der Waals surface area contributed by atoms with E-state index in [9.17, 15) is 19.5 Å².